The predicted molar refractivity (Wildman–Crippen MR) is 84.0 cm³/mol. The average Bonchev–Trinajstić information content (AvgIpc) is 2.90. The molecule has 0 saturated carbocycles. The molecule has 1 saturated heterocycles. The summed E-state index contributed by atoms with van der Waals surface area (Å²) in [5.41, 5.74) is 3.88. The van der Waals surface area contributed by atoms with Crippen LogP contribution in [0.3, 0.4) is 0 Å². The van der Waals surface area contributed by atoms with Crippen LogP contribution in [0.2, 0.25) is 0 Å². The largest absolute Gasteiger partial charge is 0.465 e. The fraction of sp³-hybridized carbons (Fsp3) is 0.471. The van der Waals surface area contributed by atoms with Gasteiger partial charge in [-0.15, -0.1) is 0 Å². The molecule has 21 heavy (non-hydrogen) atoms. The third-order valence-corrected chi connectivity index (χ3v) is 4.60. The van der Waals surface area contributed by atoms with Gasteiger partial charge in [0.1, 0.15) is 0 Å². The van der Waals surface area contributed by atoms with Gasteiger partial charge in [0.05, 0.1) is 0 Å². The van der Waals surface area contributed by atoms with E-state index in [4.69, 9.17) is 5.11 Å². The van der Waals surface area contributed by atoms with Crippen LogP contribution in [0.15, 0.2) is 24.4 Å². The summed E-state index contributed by atoms with van der Waals surface area (Å²) in [7, 11) is 0. The molecule has 1 aliphatic rings. The van der Waals surface area contributed by atoms with E-state index < -0.39 is 6.09 Å². The van der Waals surface area contributed by atoms with Gasteiger partial charge >= 0.3 is 6.09 Å². The number of hydrogen-bond donors (Lipinski definition) is 2. The Labute approximate surface area is 124 Å². The van der Waals surface area contributed by atoms with E-state index in [1.54, 1.807) is 0 Å². The van der Waals surface area contributed by atoms with E-state index >= 15 is 0 Å². The molecule has 0 unspecified atom stereocenters. The average molecular weight is 286 g/mol. The molecule has 0 spiro atoms. The summed E-state index contributed by atoms with van der Waals surface area (Å²) in [5, 5.41) is 10.3. The van der Waals surface area contributed by atoms with E-state index in [1.807, 2.05) is 0 Å². The lowest BCUT2D eigenvalue weighted by molar-refractivity contribution is 0.132. The summed E-state index contributed by atoms with van der Waals surface area (Å²) in [5.74, 6) is 0.975. The molecule has 1 fully saturated rings. The highest BCUT2D eigenvalue weighted by molar-refractivity contribution is 5.84. The minimum Gasteiger partial charge on any atom is -0.465 e. The predicted octanol–water partition coefficient (Wildman–Crippen LogP) is 4.15. The van der Waals surface area contributed by atoms with Crippen molar-refractivity contribution in [1.29, 1.82) is 0 Å². The molecule has 1 amide bonds. The second-order valence-corrected chi connectivity index (χ2v) is 6.25. The molecule has 4 heteroatoms. The molecule has 1 aromatic carbocycles. The molecule has 0 atom stereocenters. The highest BCUT2D eigenvalue weighted by Gasteiger charge is 2.23. The summed E-state index contributed by atoms with van der Waals surface area (Å²) in [4.78, 5) is 15.8. The van der Waals surface area contributed by atoms with Crippen LogP contribution in [0.4, 0.5) is 4.79 Å². The number of amides is 1. The number of nitrogens with zero attached hydrogens (tertiary/aromatic N) is 1. The number of H-pyrrole nitrogens is 1. The van der Waals surface area contributed by atoms with Gasteiger partial charge in [-0.05, 0) is 47.9 Å². The summed E-state index contributed by atoms with van der Waals surface area (Å²) >= 11 is 0. The monoisotopic (exact) mass is 286 g/mol. The number of likely N-dealkylation sites (tertiary alicyclic amines) is 1. The van der Waals surface area contributed by atoms with Crippen molar-refractivity contribution >= 4 is 17.0 Å². The standard InChI is InChI=1S/C17H22N2O2/c1-11(2)15-10-18-16-4-3-13(9-14(15)16)12-5-7-19(8-6-12)17(20)21/h3-4,9-12,18H,5-8H2,1-2H3,(H,20,21). The second kappa shape index (κ2) is 5.43. The van der Waals surface area contributed by atoms with Crippen molar-refractivity contribution in [1.82, 2.24) is 9.88 Å². The van der Waals surface area contributed by atoms with Crippen molar-refractivity contribution in [2.45, 2.75) is 38.5 Å². The zero-order valence-corrected chi connectivity index (χ0v) is 12.6. The molecule has 1 aromatic heterocycles. The lowest BCUT2D eigenvalue weighted by Gasteiger charge is -2.30. The maximum atomic E-state index is 11.0. The van der Waals surface area contributed by atoms with Gasteiger partial charge in [0, 0.05) is 30.2 Å². The summed E-state index contributed by atoms with van der Waals surface area (Å²) in [6, 6.07) is 6.63. The van der Waals surface area contributed by atoms with Crippen LogP contribution in [0.5, 0.6) is 0 Å². The fourth-order valence-electron chi connectivity index (χ4n) is 3.30. The Morgan fingerprint density at radius 3 is 2.67 bits per heavy atom. The molecule has 0 radical (unpaired) electrons. The SMILES string of the molecule is CC(C)c1c[nH]c2ccc(C3CCN(C(=O)O)CC3)cc12. The van der Waals surface area contributed by atoms with Gasteiger partial charge in [-0.1, -0.05) is 19.9 Å². The molecule has 2 aromatic rings. The molecule has 0 aliphatic carbocycles. The van der Waals surface area contributed by atoms with Crippen LogP contribution in [0.1, 0.15) is 49.7 Å². The van der Waals surface area contributed by atoms with E-state index in [0.717, 1.165) is 12.8 Å². The van der Waals surface area contributed by atoms with Crippen molar-refractivity contribution in [3.63, 3.8) is 0 Å². The number of benzene rings is 1. The number of rotatable bonds is 2. The zero-order valence-electron chi connectivity index (χ0n) is 12.6. The number of carbonyl (C=O) groups is 1. The Balaban J connectivity index is 1.84. The molecule has 2 N–H and O–H groups in total. The Morgan fingerprint density at radius 2 is 2.05 bits per heavy atom. The molecule has 3 rings (SSSR count). The van der Waals surface area contributed by atoms with Crippen LogP contribution in [0, 0.1) is 0 Å². The van der Waals surface area contributed by atoms with Crippen molar-refractivity contribution in [3.05, 3.63) is 35.5 Å². The first-order valence-electron chi connectivity index (χ1n) is 7.65. The number of hydrogen-bond acceptors (Lipinski definition) is 1. The minimum atomic E-state index is -0.795. The van der Waals surface area contributed by atoms with Crippen LogP contribution >= 0.6 is 0 Å². The van der Waals surface area contributed by atoms with E-state index in [9.17, 15) is 4.79 Å². The second-order valence-electron chi connectivity index (χ2n) is 6.25. The molecule has 2 heterocycles. The van der Waals surface area contributed by atoms with E-state index in [-0.39, 0.29) is 0 Å². The summed E-state index contributed by atoms with van der Waals surface area (Å²) < 4.78 is 0. The lowest BCUT2D eigenvalue weighted by Crippen LogP contribution is -2.36. The highest BCUT2D eigenvalue weighted by Crippen LogP contribution is 2.32. The number of aromatic amines is 1. The number of fused-ring (bicyclic) bond motifs is 1. The van der Waals surface area contributed by atoms with Gasteiger partial charge in [-0.3, -0.25) is 0 Å². The Bertz CT molecular complexity index is 652. The van der Waals surface area contributed by atoms with Gasteiger partial charge in [-0.2, -0.15) is 0 Å². The zero-order chi connectivity index (χ0) is 15.0. The molecule has 1 aliphatic heterocycles. The summed E-state index contributed by atoms with van der Waals surface area (Å²) in [6.45, 7) is 5.70. The minimum absolute atomic E-state index is 0.472. The van der Waals surface area contributed by atoms with Crippen LogP contribution in [-0.2, 0) is 0 Å². The Morgan fingerprint density at radius 1 is 1.33 bits per heavy atom. The third kappa shape index (κ3) is 2.62. The highest BCUT2D eigenvalue weighted by atomic mass is 16.4. The van der Waals surface area contributed by atoms with E-state index in [2.05, 4.69) is 43.2 Å². The van der Waals surface area contributed by atoms with Crippen LogP contribution in [0.25, 0.3) is 10.9 Å². The summed E-state index contributed by atoms with van der Waals surface area (Å²) in [6.07, 6.45) is 3.14. The van der Waals surface area contributed by atoms with Gasteiger partial charge in [0.15, 0.2) is 0 Å². The van der Waals surface area contributed by atoms with E-state index in [0.29, 0.717) is 24.9 Å². The van der Waals surface area contributed by atoms with Crippen LogP contribution in [-0.4, -0.2) is 34.2 Å². The maximum Gasteiger partial charge on any atom is 0.407 e. The van der Waals surface area contributed by atoms with Crippen molar-refractivity contribution in [3.8, 4) is 0 Å². The number of aromatic nitrogens is 1. The van der Waals surface area contributed by atoms with E-state index in [1.165, 1.54) is 26.9 Å². The Kier molecular flexibility index (Phi) is 3.62. The smallest absolute Gasteiger partial charge is 0.407 e. The first-order valence-corrected chi connectivity index (χ1v) is 7.65. The van der Waals surface area contributed by atoms with Gasteiger partial charge in [0.2, 0.25) is 0 Å². The lowest BCUT2D eigenvalue weighted by atomic mass is 9.88. The quantitative estimate of drug-likeness (QED) is 0.871. The third-order valence-electron chi connectivity index (χ3n) is 4.60. The molecule has 0 bridgehead atoms. The first-order chi connectivity index (χ1) is 10.1. The van der Waals surface area contributed by atoms with Crippen molar-refractivity contribution in [2.75, 3.05) is 13.1 Å². The first kappa shape index (κ1) is 14.0. The number of piperidine rings is 1. The van der Waals surface area contributed by atoms with Crippen molar-refractivity contribution in [2.24, 2.45) is 0 Å². The normalized spacial score (nSPS) is 16.8. The molecular weight excluding hydrogens is 264 g/mol. The number of nitrogens with one attached hydrogen (secondary N) is 1. The topological polar surface area (TPSA) is 56.3 Å². The van der Waals surface area contributed by atoms with Crippen LogP contribution < -0.4 is 0 Å². The molecule has 4 nitrogen and oxygen atoms in total. The van der Waals surface area contributed by atoms with Gasteiger partial charge < -0.3 is 15.0 Å². The maximum absolute atomic E-state index is 11.0. The molecular formula is C17H22N2O2. The van der Waals surface area contributed by atoms with Crippen molar-refractivity contribution < 1.29 is 9.90 Å². The Hall–Kier alpha value is -1.97. The molecule has 112 valence electrons. The number of carboxylic acid groups (broad SMARTS) is 1. The fourth-order valence-corrected chi connectivity index (χ4v) is 3.30. The van der Waals surface area contributed by atoms with Gasteiger partial charge in [-0.25, -0.2) is 4.79 Å². The van der Waals surface area contributed by atoms with Gasteiger partial charge in [0.25, 0.3) is 0 Å².